The molecule has 0 spiro atoms. The zero-order valence-electron chi connectivity index (χ0n) is 19.6. The number of nitrogens with zero attached hydrogens (tertiary/aromatic N) is 1. The van der Waals surface area contributed by atoms with Gasteiger partial charge >= 0.3 is 6.09 Å². The molecule has 1 aliphatic rings. The maximum absolute atomic E-state index is 12.8. The number of benzene rings is 1. The highest BCUT2D eigenvalue weighted by Gasteiger charge is 2.28. The van der Waals surface area contributed by atoms with Gasteiger partial charge in [0, 0.05) is 19.6 Å². The van der Waals surface area contributed by atoms with Crippen LogP contribution in [0.15, 0.2) is 24.3 Å². The lowest BCUT2D eigenvalue weighted by molar-refractivity contribution is -0.139. The van der Waals surface area contributed by atoms with Crippen molar-refractivity contribution >= 4 is 12.0 Å². The number of alkyl carbamates (subject to hydrolysis) is 1. The molecular formula is C24H38N2O4. The Morgan fingerprint density at radius 1 is 1.13 bits per heavy atom. The van der Waals surface area contributed by atoms with Crippen molar-refractivity contribution in [2.24, 2.45) is 5.92 Å². The monoisotopic (exact) mass is 418 g/mol. The molecular weight excluding hydrogens is 380 g/mol. The van der Waals surface area contributed by atoms with Gasteiger partial charge in [-0.2, -0.15) is 0 Å². The van der Waals surface area contributed by atoms with Gasteiger partial charge in [-0.05, 0) is 69.6 Å². The fourth-order valence-electron chi connectivity index (χ4n) is 3.45. The largest absolute Gasteiger partial charge is 0.481 e. The number of hydrogen-bond acceptors (Lipinski definition) is 4. The molecule has 0 bridgehead atoms. The molecule has 0 aliphatic carbocycles. The average molecular weight is 419 g/mol. The SMILES string of the molecule is CC(Oc1cccc(C(C)(C)C)c1)C(=O)N1CCC(CNC(=O)OC(C)(C)C)CC1. The molecule has 1 fully saturated rings. The molecule has 1 aromatic rings. The van der Waals surface area contributed by atoms with Crippen LogP contribution in [0.3, 0.4) is 0 Å². The van der Waals surface area contributed by atoms with Gasteiger partial charge in [0.2, 0.25) is 0 Å². The van der Waals surface area contributed by atoms with Gasteiger partial charge in [-0.3, -0.25) is 4.79 Å². The zero-order valence-corrected chi connectivity index (χ0v) is 19.6. The third kappa shape index (κ3) is 7.54. The Bertz CT molecular complexity index is 725. The molecule has 1 aliphatic heterocycles. The maximum Gasteiger partial charge on any atom is 0.407 e. The quantitative estimate of drug-likeness (QED) is 0.764. The molecule has 0 radical (unpaired) electrons. The number of hydrogen-bond donors (Lipinski definition) is 1. The van der Waals surface area contributed by atoms with Gasteiger partial charge in [-0.1, -0.05) is 32.9 Å². The Balaban J connectivity index is 1.80. The van der Waals surface area contributed by atoms with Crippen LogP contribution in [-0.4, -0.2) is 48.2 Å². The van der Waals surface area contributed by atoms with Crippen LogP contribution in [0.25, 0.3) is 0 Å². The highest BCUT2D eigenvalue weighted by molar-refractivity contribution is 5.81. The summed E-state index contributed by atoms with van der Waals surface area (Å²) in [5.41, 5.74) is 0.711. The molecule has 1 unspecified atom stereocenters. The van der Waals surface area contributed by atoms with Gasteiger partial charge in [-0.15, -0.1) is 0 Å². The van der Waals surface area contributed by atoms with Crippen LogP contribution in [0.2, 0.25) is 0 Å². The van der Waals surface area contributed by atoms with E-state index < -0.39 is 11.7 Å². The smallest absolute Gasteiger partial charge is 0.407 e. The Morgan fingerprint density at radius 2 is 1.77 bits per heavy atom. The van der Waals surface area contributed by atoms with Gasteiger partial charge < -0.3 is 19.7 Å². The third-order valence-corrected chi connectivity index (χ3v) is 5.22. The van der Waals surface area contributed by atoms with Crippen molar-refractivity contribution in [1.29, 1.82) is 0 Å². The molecule has 2 amide bonds. The minimum absolute atomic E-state index is 0.00899. The van der Waals surface area contributed by atoms with E-state index in [0.29, 0.717) is 25.6 Å². The van der Waals surface area contributed by atoms with E-state index >= 15 is 0 Å². The van der Waals surface area contributed by atoms with E-state index in [9.17, 15) is 9.59 Å². The van der Waals surface area contributed by atoms with E-state index in [4.69, 9.17) is 9.47 Å². The fourth-order valence-corrected chi connectivity index (χ4v) is 3.45. The summed E-state index contributed by atoms with van der Waals surface area (Å²) < 4.78 is 11.2. The summed E-state index contributed by atoms with van der Waals surface area (Å²) >= 11 is 0. The molecule has 6 nitrogen and oxygen atoms in total. The second kappa shape index (κ2) is 9.71. The summed E-state index contributed by atoms with van der Waals surface area (Å²) in [5.74, 6) is 1.08. The molecule has 1 N–H and O–H groups in total. The Labute approximate surface area is 181 Å². The average Bonchev–Trinajstić information content (AvgIpc) is 2.64. The first-order valence-electron chi connectivity index (χ1n) is 10.9. The van der Waals surface area contributed by atoms with E-state index in [1.165, 1.54) is 5.56 Å². The normalized spacial score (nSPS) is 16.7. The van der Waals surface area contributed by atoms with E-state index in [-0.39, 0.29) is 17.4 Å². The lowest BCUT2D eigenvalue weighted by Crippen LogP contribution is -2.46. The predicted octanol–water partition coefficient (Wildman–Crippen LogP) is 4.51. The van der Waals surface area contributed by atoms with Crippen molar-refractivity contribution in [3.8, 4) is 5.75 Å². The minimum atomic E-state index is -0.531. The van der Waals surface area contributed by atoms with Gasteiger partial charge in [0.25, 0.3) is 5.91 Å². The fraction of sp³-hybridized carbons (Fsp3) is 0.667. The molecule has 30 heavy (non-hydrogen) atoms. The third-order valence-electron chi connectivity index (χ3n) is 5.22. The summed E-state index contributed by atoms with van der Waals surface area (Å²) in [7, 11) is 0. The molecule has 2 rings (SSSR count). The maximum atomic E-state index is 12.8. The zero-order chi connectivity index (χ0) is 22.5. The highest BCUT2D eigenvalue weighted by Crippen LogP contribution is 2.26. The molecule has 1 saturated heterocycles. The van der Waals surface area contributed by atoms with Crippen molar-refractivity contribution in [3.05, 3.63) is 29.8 Å². The Kier molecular flexibility index (Phi) is 7.78. The summed E-state index contributed by atoms with van der Waals surface area (Å²) in [6.07, 6.45) is 0.791. The summed E-state index contributed by atoms with van der Waals surface area (Å²) in [6.45, 7) is 15.7. The van der Waals surface area contributed by atoms with Crippen LogP contribution in [0.5, 0.6) is 5.75 Å². The van der Waals surface area contributed by atoms with E-state index in [2.05, 4.69) is 32.2 Å². The first-order chi connectivity index (χ1) is 13.8. The number of likely N-dealkylation sites (tertiary alicyclic amines) is 1. The van der Waals surface area contributed by atoms with Crippen molar-refractivity contribution in [2.45, 2.75) is 78.4 Å². The highest BCUT2D eigenvalue weighted by atomic mass is 16.6. The summed E-state index contributed by atoms with van der Waals surface area (Å²) in [6, 6.07) is 7.96. The standard InChI is InChI=1S/C24H38N2O4/c1-17(29-20-10-8-9-19(15-20)23(2,3)4)21(27)26-13-11-18(12-14-26)16-25-22(28)30-24(5,6)7/h8-10,15,17-18H,11-14,16H2,1-7H3,(H,25,28). The second-order valence-electron chi connectivity index (χ2n) is 10.2. The van der Waals surface area contributed by atoms with Gasteiger partial charge in [-0.25, -0.2) is 4.79 Å². The molecule has 6 heteroatoms. The number of amides is 2. The van der Waals surface area contributed by atoms with Crippen LogP contribution >= 0.6 is 0 Å². The van der Waals surface area contributed by atoms with Crippen molar-refractivity contribution in [2.75, 3.05) is 19.6 Å². The first kappa shape index (κ1) is 24.0. The van der Waals surface area contributed by atoms with Crippen molar-refractivity contribution in [1.82, 2.24) is 10.2 Å². The molecule has 1 heterocycles. The first-order valence-corrected chi connectivity index (χ1v) is 10.9. The topological polar surface area (TPSA) is 67.9 Å². The summed E-state index contributed by atoms with van der Waals surface area (Å²) in [5, 5.41) is 2.84. The van der Waals surface area contributed by atoms with Crippen LogP contribution in [0, 0.1) is 5.92 Å². The van der Waals surface area contributed by atoms with Crippen molar-refractivity contribution in [3.63, 3.8) is 0 Å². The molecule has 0 aromatic heterocycles. The van der Waals surface area contributed by atoms with E-state index in [1.54, 1.807) is 0 Å². The number of carbonyl (C=O) groups excluding carboxylic acids is 2. The number of nitrogens with one attached hydrogen (secondary N) is 1. The van der Waals surface area contributed by atoms with E-state index in [1.807, 2.05) is 50.8 Å². The molecule has 168 valence electrons. The van der Waals surface area contributed by atoms with Gasteiger partial charge in [0.15, 0.2) is 6.10 Å². The van der Waals surface area contributed by atoms with Crippen LogP contribution in [0.4, 0.5) is 4.79 Å². The van der Waals surface area contributed by atoms with Crippen LogP contribution < -0.4 is 10.1 Å². The van der Waals surface area contributed by atoms with Crippen molar-refractivity contribution < 1.29 is 19.1 Å². The number of piperidine rings is 1. The lowest BCUT2D eigenvalue weighted by Gasteiger charge is -2.33. The minimum Gasteiger partial charge on any atom is -0.481 e. The Hall–Kier alpha value is -2.24. The predicted molar refractivity (Wildman–Crippen MR) is 119 cm³/mol. The second-order valence-corrected chi connectivity index (χ2v) is 10.2. The molecule has 0 saturated carbocycles. The number of ether oxygens (including phenoxy) is 2. The van der Waals surface area contributed by atoms with Gasteiger partial charge in [0.1, 0.15) is 11.4 Å². The lowest BCUT2D eigenvalue weighted by atomic mass is 9.87. The summed E-state index contributed by atoms with van der Waals surface area (Å²) in [4.78, 5) is 26.5. The Morgan fingerprint density at radius 3 is 2.33 bits per heavy atom. The molecule has 1 aromatic carbocycles. The molecule has 1 atom stereocenters. The van der Waals surface area contributed by atoms with Crippen LogP contribution in [0.1, 0.15) is 66.9 Å². The number of carbonyl (C=O) groups is 2. The van der Waals surface area contributed by atoms with Crippen LogP contribution in [-0.2, 0) is 14.9 Å². The van der Waals surface area contributed by atoms with E-state index in [0.717, 1.165) is 18.6 Å². The van der Waals surface area contributed by atoms with Gasteiger partial charge in [0.05, 0.1) is 0 Å². The number of rotatable bonds is 5.